The largest absolute Gasteiger partial charge is 0.497 e. The van der Waals surface area contributed by atoms with Gasteiger partial charge in [-0.1, -0.05) is 17.3 Å². The number of ketones is 1. The predicted molar refractivity (Wildman–Crippen MR) is 130 cm³/mol. The Bertz CT molecular complexity index is 1130. The Kier molecular flexibility index (Phi) is 9.00. The van der Waals surface area contributed by atoms with Crippen LogP contribution < -0.4 is 20.7 Å². The van der Waals surface area contributed by atoms with Crippen molar-refractivity contribution in [2.45, 2.75) is 50.9 Å². The first-order valence-electron chi connectivity index (χ1n) is 11.7. The van der Waals surface area contributed by atoms with Crippen molar-refractivity contribution in [3.63, 3.8) is 0 Å². The first-order chi connectivity index (χ1) is 17.6. The number of benzene rings is 1. The minimum Gasteiger partial charge on any atom is -0.497 e. The van der Waals surface area contributed by atoms with Crippen molar-refractivity contribution in [3.05, 3.63) is 47.3 Å². The third-order valence-electron chi connectivity index (χ3n) is 5.90. The average molecular weight is 517 g/mol. The molecule has 1 fully saturated rings. The molecule has 0 spiro atoms. The Morgan fingerprint density at radius 1 is 1.05 bits per heavy atom. The van der Waals surface area contributed by atoms with E-state index < -0.39 is 41.4 Å². The summed E-state index contributed by atoms with van der Waals surface area (Å²) in [7, 11) is 2.93. The van der Waals surface area contributed by atoms with Crippen LogP contribution in [-0.2, 0) is 30.3 Å². The van der Waals surface area contributed by atoms with Crippen LogP contribution in [0.1, 0.15) is 35.7 Å². The second kappa shape index (κ2) is 12.0. The van der Waals surface area contributed by atoms with Crippen molar-refractivity contribution >= 4 is 23.5 Å². The van der Waals surface area contributed by atoms with Gasteiger partial charge in [0.1, 0.15) is 29.2 Å². The lowest BCUT2D eigenvalue weighted by molar-refractivity contribution is -0.133. The molecular weight excluding hydrogens is 484 g/mol. The Morgan fingerprint density at radius 2 is 1.73 bits per heavy atom. The molecule has 2 aromatic rings. The zero-order valence-electron chi connectivity index (χ0n) is 21.5. The molecule has 3 N–H and O–H groups in total. The van der Waals surface area contributed by atoms with Gasteiger partial charge < -0.3 is 34.7 Å². The van der Waals surface area contributed by atoms with Gasteiger partial charge in [-0.2, -0.15) is 0 Å². The number of methoxy groups -OCH3 is 2. The number of carbonyl (C=O) groups is 4. The number of nitrogens with one attached hydrogen (secondary N) is 3. The Hall–Kier alpha value is -3.77. The van der Waals surface area contributed by atoms with Crippen molar-refractivity contribution < 1.29 is 37.9 Å². The van der Waals surface area contributed by atoms with Gasteiger partial charge in [0.15, 0.2) is 11.5 Å². The molecule has 1 aromatic heterocycles. The number of rotatable bonds is 13. The molecule has 2 heterocycles. The summed E-state index contributed by atoms with van der Waals surface area (Å²) in [4.78, 5) is 51.3. The second-order valence-corrected chi connectivity index (χ2v) is 9.03. The highest BCUT2D eigenvalue weighted by atomic mass is 16.6. The van der Waals surface area contributed by atoms with E-state index in [1.807, 2.05) is 0 Å². The third-order valence-corrected chi connectivity index (χ3v) is 5.90. The standard InChI is InChI=1S/C25H32N4O8/c1-14-10-19(29-37-14)23(32)28-20(12-34-4)24(33)26-15(2)22(31)27-18(21(30)25(3)13-36-25)11-16-6-8-17(35-5)9-7-16/h6-10,15,18,20H,11-13H2,1-5H3,(H,26,33)(H,27,31)(H,28,32)/t15-,18-,20-,25?/m0/s1. The molecule has 1 unspecified atom stereocenters. The Morgan fingerprint density at radius 3 is 2.27 bits per heavy atom. The summed E-state index contributed by atoms with van der Waals surface area (Å²) >= 11 is 0. The molecular formula is C25H32N4O8. The minimum atomic E-state index is -1.10. The van der Waals surface area contributed by atoms with E-state index in [4.69, 9.17) is 18.7 Å². The molecule has 12 heteroatoms. The highest BCUT2D eigenvalue weighted by Crippen LogP contribution is 2.29. The Balaban J connectivity index is 1.64. The lowest BCUT2D eigenvalue weighted by Gasteiger charge is -2.24. The van der Waals surface area contributed by atoms with Crippen LogP contribution in [0.2, 0.25) is 0 Å². The van der Waals surface area contributed by atoms with Crippen molar-refractivity contribution in [1.82, 2.24) is 21.1 Å². The molecule has 37 heavy (non-hydrogen) atoms. The summed E-state index contributed by atoms with van der Waals surface area (Å²) in [6.07, 6.45) is 0.230. The van der Waals surface area contributed by atoms with E-state index >= 15 is 0 Å². The summed E-state index contributed by atoms with van der Waals surface area (Å²) < 4.78 is 20.4. The topological polar surface area (TPSA) is 161 Å². The maximum absolute atomic E-state index is 13.1. The van der Waals surface area contributed by atoms with Crippen LogP contribution in [0.3, 0.4) is 0 Å². The second-order valence-electron chi connectivity index (χ2n) is 9.03. The number of Topliss-reactive ketones (excluding diaryl/α,β-unsaturated/α-hetero) is 1. The molecule has 0 radical (unpaired) electrons. The van der Waals surface area contributed by atoms with E-state index in [1.165, 1.54) is 20.1 Å². The van der Waals surface area contributed by atoms with Gasteiger partial charge in [0.2, 0.25) is 11.8 Å². The summed E-state index contributed by atoms with van der Waals surface area (Å²) in [6, 6.07) is 5.58. The molecule has 0 aliphatic carbocycles. The molecule has 1 aliphatic rings. The molecule has 12 nitrogen and oxygen atoms in total. The third kappa shape index (κ3) is 7.37. The number of epoxide rings is 1. The maximum atomic E-state index is 13.1. The van der Waals surface area contributed by atoms with Gasteiger partial charge in [0.05, 0.1) is 26.4 Å². The van der Waals surface area contributed by atoms with E-state index in [2.05, 4.69) is 21.1 Å². The lowest BCUT2D eigenvalue weighted by atomic mass is 9.94. The summed E-state index contributed by atoms with van der Waals surface area (Å²) in [6.45, 7) is 4.91. The molecule has 1 aromatic carbocycles. The van der Waals surface area contributed by atoms with Crippen LogP contribution in [0, 0.1) is 6.92 Å². The van der Waals surface area contributed by atoms with Gasteiger partial charge in [-0.25, -0.2) is 0 Å². The first kappa shape index (κ1) is 27.8. The average Bonchev–Trinajstić information content (AvgIpc) is 3.48. The number of aryl methyl sites for hydroxylation is 1. The lowest BCUT2D eigenvalue weighted by Crippen LogP contribution is -2.56. The molecule has 1 aliphatic heterocycles. The normalized spacial score (nSPS) is 18.7. The molecule has 3 rings (SSSR count). The van der Waals surface area contributed by atoms with Gasteiger partial charge in [-0.05, 0) is 44.9 Å². The molecule has 0 bridgehead atoms. The quantitative estimate of drug-likeness (QED) is 0.319. The van der Waals surface area contributed by atoms with E-state index in [0.29, 0.717) is 11.5 Å². The number of ether oxygens (including phenoxy) is 3. The zero-order chi connectivity index (χ0) is 27.2. The van der Waals surface area contributed by atoms with Crippen molar-refractivity contribution in [2.24, 2.45) is 0 Å². The van der Waals surface area contributed by atoms with Crippen LogP contribution in [0.4, 0.5) is 0 Å². The SMILES string of the molecule is COC[C@H](NC(=O)c1cc(C)on1)C(=O)N[C@@H](C)C(=O)N[C@@H](Cc1ccc(OC)cc1)C(=O)C1(C)CO1. The summed E-state index contributed by atoms with van der Waals surface area (Å²) in [5.74, 6) is -1.00. The smallest absolute Gasteiger partial charge is 0.274 e. The fourth-order valence-corrected chi connectivity index (χ4v) is 3.56. The minimum absolute atomic E-state index is 0.00729. The van der Waals surface area contributed by atoms with Crippen LogP contribution in [-0.4, -0.2) is 79.8 Å². The Labute approximate surface area is 214 Å². The van der Waals surface area contributed by atoms with E-state index in [9.17, 15) is 19.2 Å². The van der Waals surface area contributed by atoms with Gasteiger partial charge in [-0.15, -0.1) is 0 Å². The van der Waals surface area contributed by atoms with Crippen LogP contribution in [0.15, 0.2) is 34.9 Å². The van der Waals surface area contributed by atoms with E-state index in [0.717, 1.165) is 5.56 Å². The van der Waals surface area contributed by atoms with Crippen LogP contribution in [0.5, 0.6) is 5.75 Å². The van der Waals surface area contributed by atoms with Crippen molar-refractivity contribution in [2.75, 3.05) is 27.4 Å². The maximum Gasteiger partial charge on any atom is 0.274 e. The van der Waals surface area contributed by atoms with Gasteiger partial charge in [-0.3, -0.25) is 19.2 Å². The van der Waals surface area contributed by atoms with Crippen molar-refractivity contribution in [1.29, 1.82) is 0 Å². The van der Waals surface area contributed by atoms with Crippen LogP contribution >= 0.6 is 0 Å². The van der Waals surface area contributed by atoms with Gasteiger partial charge in [0, 0.05) is 13.2 Å². The highest BCUT2D eigenvalue weighted by Gasteiger charge is 2.50. The number of hydrogen-bond acceptors (Lipinski definition) is 9. The molecule has 0 saturated carbocycles. The molecule has 3 amide bonds. The van der Waals surface area contributed by atoms with Gasteiger partial charge in [0.25, 0.3) is 5.91 Å². The molecule has 1 saturated heterocycles. The summed E-state index contributed by atoms with van der Waals surface area (Å²) in [5.41, 5.74) is -0.135. The number of amides is 3. The first-order valence-corrected chi connectivity index (χ1v) is 11.7. The van der Waals surface area contributed by atoms with E-state index in [1.54, 1.807) is 45.2 Å². The molecule has 4 atom stereocenters. The van der Waals surface area contributed by atoms with Crippen molar-refractivity contribution in [3.8, 4) is 5.75 Å². The number of hydrogen-bond donors (Lipinski definition) is 3. The summed E-state index contributed by atoms with van der Waals surface area (Å²) in [5, 5.41) is 11.4. The molecule has 200 valence electrons. The van der Waals surface area contributed by atoms with E-state index in [-0.39, 0.29) is 31.1 Å². The zero-order valence-corrected chi connectivity index (χ0v) is 21.5. The highest BCUT2D eigenvalue weighted by molar-refractivity contribution is 5.99. The number of carbonyl (C=O) groups excluding carboxylic acids is 4. The fourth-order valence-electron chi connectivity index (χ4n) is 3.56. The number of nitrogens with zero attached hydrogens (tertiary/aromatic N) is 1. The number of aromatic nitrogens is 1. The fraction of sp³-hybridized carbons (Fsp3) is 0.480. The van der Waals surface area contributed by atoms with Crippen LogP contribution in [0.25, 0.3) is 0 Å². The van der Waals surface area contributed by atoms with Gasteiger partial charge >= 0.3 is 0 Å². The predicted octanol–water partition coefficient (Wildman–Crippen LogP) is 0.327. The monoisotopic (exact) mass is 516 g/mol.